The number of carbonyl (C=O) groups is 4. The summed E-state index contributed by atoms with van der Waals surface area (Å²) < 4.78 is 0. The quantitative estimate of drug-likeness (QED) is 0.271. The molecule has 4 amide bonds. The van der Waals surface area contributed by atoms with E-state index in [1.54, 1.807) is 26.1 Å². The van der Waals surface area contributed by atoms with E-state index in [4.69, 9.17) is 0 Å². The lowest BCUT2D eigenvalue weighted by Crippen LogP contribution is -2.79. The predicted octanol–water partition coefficient (Wildman–Crippen LogP) is 0.303. The molecule has 2 aromatic rings. The van der Waals surface area contributed by atoms with Crippen molar-refractivity contribution < 1.29 is 34.5 Å². The molecule has 17 heteroatoms. The Kier molecular flexibility index (Phi) is 5.15. The number of aliphatic hydroxyl groups is 3. The number of fused-ring (bicyclic) bond motifs is 11. The zero-order chi connectivity index (χ0) is 32.8. The number of nitrogens with zero attached hydrogens (tertiary/aromatic N) is 4. The molecule has 10 aliphatic heterocycles. The van der Waals surface area contributed by atoms with E-state index in [2.05, 4.69) is 10.6 Å². The summed E-state index contributed by atoms with van der Waals surface area (Å²) in [5, 5.41) is 44.2. The molecule has 2 spiro atoms. The number of carbonyl (C=O) groups excluding carboxylic acids is 4. The molecule has 10 heterocycles. The van der Waals surface area contributed by atoms with Crippen LogP contribution in [0.5, 0.6) is 0 Å². The minimum atomic E-state index is -1.87. The van der Waals surface area contributed by atoms with Crippen molar-refractivity contribution in [2.75, 3.05) is 31.3 Å². The largest absolute Gasteiger partial charge is 0.392 e. The topological polar surface area (TPSA) is 166 Å². The highest BCUT2D eigenvalue weighted by Gasteiger charge is 2.93. The minimum absolute atomic E-state index is 0.373. The predicted molar refractivity (Wildman–Crippen MR) is 176 cm³/mol. The molecule has 0 radical (unpaired) electrons. The van der Waals surface area contributed by atoms with Gasteiger partial charge in [0.05, 0.1) is 17.4 Å². The Balaban J connectivity index is 1.35. The summed E-state index contributed by atoms with van der Waals surface area (Å²) in [5.41, 5.74) is -1.12. The number of aliphatic hydroxyl groups excluding tert-OH is 3. The zero-order valence-electron chi connectivity index (χ0n) is 25.0. The van der Waals surface area contributed by atoms with Crippen LogP contribution in [0, 0.1) is 0 Å². The molecular weight excluding hydrogens is 685 g/mol. The Morgan fingerprint density at radius 2 is 1.15 bits per heavy atom. The Morgan fingerprint density at radius 3 is 1.68 bits per heavy atom. The molecule has 5 N–H and O–H groups in total. The van der Waals surface area contributed by atoms with Gasteiger partial charge < -0.3 is 35.8 Å². The van der Waals surface area contributed by atoms with Crippen molar-refractivity contribution >= 4 is 78.2 Å². The van der Waals surface area contributed by atoms with Gasteiger partial charge in [-0.3, -0.25) is 29.0 Å². The maximum Gasteiger partial charge on any atom is 0.265 e. The molecule has 0 saturated carbocycles. The van der Waals surface area contributed by atoms with Gasteiger partial charge in [0.25, 0.3) is 23.6 Å². The van der Waals surface area contributed by atoms with Crippen molar-refractivity contribution in [3.8, 4) is 0 Å². The zero-order valence-corrected chi connectivity index (χ0v) is 28.3. The molecule has 0 unspecified atom stereocenters. The van der Waals surface area contributed by atoms with Gasteiger partial charge in [0.1, 0.15) is 24.5 Å². The monoisotopic (exact) mass is 712 g/mol. The molecule has 13 nitrogen and oxygen atoms in total. The molecule has 244 valence electrons. The Morgan fingerprint density at radius 1 is 0.681 bits per heavy atom. The van der Waals surface area contributed by atoms with E-state index >= 15 is 0 Å². The highest BCUT2D eigenvalue weighted by atomic mass is 33.1. The highest BCUT2D eigenvalue weighted by Crippen LogP contribution is 2.78. The van der Waals surface area contributed by atoms with Crippen molar-refractivity contribution in [3.63, 3.8) is 0 Å². The number of nitrogens with one attached hydrogen (secondary N) is 2. The van der Waals surface area contributed by atoms with Crippen LogP contribution in [0.2, 0.25) is 0 Å². The fourth-order valence-corrected chi connectivity index (χ4v) is 17.1. The van der Waals surface area contributed by atoms with Crippen LogP contribution in [-0.2, 0) is 30.0 Å². The van der Waals surface area contributed by atoms with Crippen molar-refractivity contribution in [2.24, 2.45) is 0 Å². The molecule has 8 saturated heterocycles. The smallest absolute Gasteiger partial charge is 0.265 e. The van der Waals surface area contributed by atoms with Crippen LogP contribution in [0.1, 0.15) is 18.1 Å². The second-order valence-corrected chi connectivity index (χ2v) is 18.8. The maximum absolute atomic E-state index is 14.7. The first-order valence-electron chi connectivity index (χ1n) is 15.1. The van der Waals surface area contributed by atoms with Gasteiger partial charge in [-0.25, -0.2) is 0 Å². The molecule has 0 aliphatic carbocycles. The summed E-state index contributed by atoms with van der Waals surface area (Å²) in [5.74, 6) is -1.94. The minimum Gasteiger partial charge on any atom is -0.392 e. The molecule has 8 fully saturated rings. The van der Waals surface area contributed by atoms with Gasteiger partial charge in [-0.2, -0.15) is 0 Å². The summed E-state index contributed by atoms with van der Waals surface area (Å²) in [7, 11) is 7.44. The number of rotatable bonds is 2. The van der Waals surface area contributed by atoms with E-state index in [1.165, 1.54) is 37.4 Å². The second-order valence-electron chi connectivity index (χ2n) is 13.5. The molecule has 12 rings (SSSR count). The molecule has 47 heavy (non-hydrogen) atoms. The first kappa shape index (κ1) is 29.1. The number of piperazine rings is 2. The van der Waals surface area contributed by atoms with E-state index in [9.17, 15) is 34.5 Å². The SMILES string of the molecule is CN1C(=O)[C@]23SS[C@@]1(C)C(=O)N2[C@H]1Nc2ccccc2[C@@]1([C@@]12c4ccccc4N[C@H]1N1C(=O)[C@@]4(CO)SS[C@@]1(C(=O)N4C)[C@@H]2O)[C@@H]3O. The van der Waals surface area contributed by atoms with E-state index in [0.29, 0.717) is 22.5 Å². The van der Waals surface area contributed by atoms with Crippen LogP contribution in [0.25, 0.3) is 0 Å². The number of para-hydroxylation sites is 2. The Bertz CT molecular complexity index is 1920. The summed E-state index contributed by atoms with van der Waals surface area (Å²) in [6.45, 7) is 1.04. The van der Waals surface area contributed by atoms with Crippen molar-refractivity contribution in [1.82, 2.24) is 19.6 Å². The molecule has 4 bridgehead atoms. The number of anilines is 2. The first-order valence-corrected chi connectivity index (χ1v) is 19.4. The van der Waals surface area contributed by atoms with Crippen molar-refractivity contribution in [2.45, 2.75) is 61.8 Å². The lowest BCUT2D eigenvalue weighted by molar-refractivity contribution is -0.169. The van der Waals surface area contributed by atoms with Gasteiger partial charge >= 0.3 is 0 Å². The van der Waals surface area contributed by atoms with Gasteiger partial charge in [0.15, 0.2) is 4.87 Å². The third kappa shape index (κ3) is 2.44. The number of hydrogen-bond acceptors (Lipinski definition) is 13. The van der Waals surface area contributed by atoms with Gasteiger partial charge in [0, 0.05) is 25.5 Å². The van der Waals surface area contributed by atoms with Gasteiger partial charge in [0.2, 0.25) is 14.6 Å². The average molecular weight is 713 g/mol. The Hall–Kier alpha value is -2.80. The van der Waals surface area contributed by atoms with E-state index < -0.39 is 79.2 Å². The number of benzene rings is 2. The van der Waals surface area contributed by atoms with Crippen LogP contribution >= 0.6 is 43.2 Å². The fraction of sp³-hybridized carbons (Fsp3) is 0.467. The number of hydrogen-bond donors (Lipinski definition) is 5. The first-order chi connectivity index (χ1) is 22.4. The van der Waals surface area contributed by atoms with Crippen LogP contribution in [0.3, 0.4) is 0 Å². The van der Waals surface area contributed by atoms with E-state index in [1.807, 2.05) is 36.4 Å². The normalized spacial score (nSPS) is 46.3. The third-order valence-corrected chi connectivity index (χ3v) is 19.5. The third-order valence-electron chi connectivity index (χ3n) is 12.1. The highest BCUT2D eigenvalue weighted by molar-refractivity contribution is 8.78. The van der Waals surface area contributed by atoms with E-state index in [-0.39, 0.29) is 5.91 Å². The second kappa shape index (κ2) is 8.31. The Labute approximate surface area is 283 Å². The van der Waals surface area contributed by atoms with Gasteiger partial charge in [-0.15, -0.1) is 0 Å². The maximum atomic E-state index is 14.7. The van der Waals surface area contributed by atoms with E-state index in [0.717, 1.165) is 32.4 Å². The van der Waals surface area contributed by atoms with Crippen LogP contribution in [0.4, 0.5) is 11.4 Å². The van der Waals surface area contributed by atoms with Crippen LogP contribution in [-0.4, -0.2) is 123 Å². The fourth-order valence-electron chi connectivity index (χ4n) is 9.92. The van der Waals surface area contributed by atoms with Gasteiger partial charge in [-0.05, 0) is 62.6 Å². The van der Waals surface area contributed by atoms with Crippen molar-refractivity contribution in [1.29, 1.82) is 0 Å². The standard InChI is InChI=1S/C30H28N6O7S4/c1-25-21(40)35-19-27(13-8-4-6-10-15(13)31-19,17(38)29(35,46-44-25)23(42)33(25)2)28-14-9-5-7-11-16(14)32-20(28)36-22(41)26(12-37)34(3)24(43)30(36,18(28)39)47-45-26/h4-11,17-20,31-32,37-39H,12H2,1-3H3/t17-,18+,19+,20-,25-,26+,27+,28+,29-,30+/m0/s1. The number of likely N-dealkylation sites (N-methyl/N-ethyl adjacent to an activating group) is 2. The van der Waals surface area contributed by atoms with Crippen molar-refractivity contribution in [3.05, 3.63) is 59.7 Å². The summed E-state index contributed by atoms with van der Waals surface area (Å²) in [6.07, 6.45) is -5.50. The lowest BCUT2D eigenvalue weighted by atomic mass is 9.52. The molecule has 2 aromatic carbocycles. The molecule has 10 atom stereocenters. The molecule has 10 aliphatic rings. The molecule has 0 aromatic heterocycles. The van der Waals surface area contributed by atoms with Crippen LogP contribution in [0.15, 0.2) is 48.5 Å². The molecular formula is C30H28N6O7S4. The summed E-state index contributed by atoms with van der Waals surface area (Å²) in [6, 6.07) is 14.5. The van der Waals surface area contributed by atoms with Gasteiger partial charge in [-0.1, -0.05) is 47.2 Å². The van der Waals surface area contributed by atoms with Crippen LogP contribution < -0.4 is 10.6 Å². The summed E-state index contributed by atoms with van der Waals surface area (Å²) in [4.78, 5) is 57.4. The average Bonchev–Trinajstić information content (AvgIpc) is 3.72. The summed E-state index contributed by atoms with van der Waals surface area (Å²) >= 11 is 0. The lowest BCUT2D eigenvalue weighted by Gasteiger charge is -2.58. The number of amides is 4.